The van der Waals surface area contributed by atoms with E-state index in [0.717, 1.165) is 5.69 Å². The van der Waals surface area contributed by atoms with Gasteiger partial charge in [-0.3, -0.25) is 4.98 Å². The van der Waals surface area contributed by atoms with Crippen LogP contribution in [0, 0.1) is 0 Å². The molecule has 3 nitrogen and oxygen atoms in total. The summed E-state index contributed by atoms with van der Waals surface area (Å²) in [5, 5.41) is 18.1. The number of nitrogens with zero attached hydrogens (tertiary/aromatic N) is 1. The topological polar surface area (TPSA) is 53.4 Å². The highest BCUT2D eigenvalue weighted by Crippen LogP contribution is 2.30. The van der Waals surface area contributed by atoms with Gasteiger partial charge in [-0.2, -0.15) is 0 Å². The van der Waals surface area contributed by atoms with E-state index in [1.54, 1.807) is 12.3 Å². The van der Waals surface area contributed by atoms with Crippen molar-refractivity contribution in [2.45, 2.75) is 38.0 Å². The lowest BCUT2D eigenvalue weighted by atomic mass is 9.78. The molecule has 1 heterocycles. The zero-order chi connectivity index (χ0) is 10.7. The number of rotatable bonds is 2. The Kier molecular flexibility index (Phi) is 3.39. The predicted molar refractivity (Wildman–Crippen MR) is 59.9 cm³/mol. The van der Waals surface area contributed by atoms with Crippen LogP contribution in [-0.4, -0.2) is 22.2 Å². The van der Waals surface area contributed by atoms with Gasteiger partial charge in [0.25, 0.3) is 0 Å². The van der Waals surface area contributed by atoms with E-state index in [9.17, 15) is 0 Å². The van der Waals surface area contributed by atoms with Crippen LogP contribution in [0.4, 0.5) is 0 Å². The van der Waals surface area contributed by atoms with Crippen molar-refractivity contribution in [3.8, 4) is 0 Å². The highest BCUT2D eigenvalue weighted by atomic mass is 16.4. The highest BCUT2D eigenvalue weighted by Gasteiger charge is 2.19. The molecule has 0 atom stereocenters. The summed E-state index contributed by atoms with van der Waals surface area (Å²) in [7, 11) is -1.38. The average molecular weight is 205 g/mol. The Morgan fingerprint density at radius 1 is 1.20 bits per heavy atom. The molecule has 0 saturated heterocycles. The molecule has 80 valence electrons. The molecule has 0 radical (unpaired) electrons. The van der Waals surface area contributed by atoms with Crippen molar-refractivity contribution in [2.24, 2.45) is 0 Å². The summed E-state index contributed by atoms with van der Waals surface area (Å²) in [6, 6.07) is 3.47. The molecule has 0 spiro atoms. The molecule has 0 aromatic carbocycles. The molecule has 1 aromatic heterocycles. The molecule has 0 unspecified atom stereocenters. The van der Waals surface area contributed by atoms with Gasteiger partial charge < -0.3 is 10.0 Å². The van der Waals surface area contributed by atoms with Crippen molar-refractivity contribution >= 4 is 12.6 Å². The molecule has 1 fully saturated rings. The van der Waals surface area contributed by atoms with E-state index >= 15 is 0 Å². The van der Waals surface area contributed by atoms with Crippen LogP contribution in [0.15, 0.2) is 18.3 Å². The smallest absolute Gasteiger partial charge is 0.423 e. The van der Waals surface area contributed by atoms with Gasteiger partial charge in [0.2, 0.25) is 0 Å². The third-order valence-corrected chi connectivity index (χ3v) is 3.13. The Hall–Kier alpha value is -0.865. The SMILES string of the molecule is OB(O)c1ccnc(C2CCCCC2)c1. The molecule has 1 aromatic rings. The summed E-state index contributed by atoms with van der Waals surface area (Å²) >= 11 is 0. The van der Waals surface area contributed by atoms with Gasteiger partial charge in [0, 0.05) is 17.8 Å². The van der Waals surface area contributed by atoms with E-state index < -0.39 is 7.12 Å². The Labute approximate surface area is 90.3 Å². The second-order valence-corrected chi connectivity index (χ2v) is 4.22. The zero-order valence-electron chi connectivity index (χ0n) is 8.76. The van der Waals surface area contributed by atoms with E-state index in [-0.39, 0.29) is 0 Å². The van der Waals surface area contributed by atoms with Gasteiger partial charge in [-0.1, -0.05) is 19.3 Å². The lowest BCUT2D eigenvalue weighted by Gasteiger charge is -2.21. The monoisotopic (exact) mass is 205 g/mol. The predicted octanol–water partition coefficient (Wildman–Crippen LogP) is 0.809. The van der Waals surface area contributed by atoms with Gasteiger partial charge in [-0.15, -0.1) is 0 Å². The third kappa shape index (κ3) is 2.58. The van der Waals surface area contributed by atoms with Gasteiger partial charge in [0.05, 0.1) is 0 Å². The number of pyridine rings is 1. The van der Waals surface area contributed by atoms with Crippen molar-refractivity contribution in [1.29, 1.82) is 0 Å². The molecule has 2 rings (SSSR count). The van der Waals surface area contributed by atoms with Gasteiger partial charge in [0.1, 0.15) is 0 Å². The van der Waals surface area contributed by atoms with Crippen molar-refractivity contribution in [2.75, 3.05) is 0 Å². The summed E-state index contributed by atoms with van der Waals surface area (Å²) in [5.74, 6) is 0.512. The van der Waals surface area contributed by atoms with Crippen LogP contribution >= 0.6 is 0 Å². The first-order valence-electron chi connectivity index (χ1n) is 5.59. The fourth-order valence-electron chi connectivity index (χ4n) is 2.25. The average Bonchev–Trinajstić information content (AvgIpc) is 2.30. The summed E-state index contributed by atoms with van der Waals surface area (Å²) in [6.45, 7) is 0. The Bertz CT molecular complexity index is 324. The minimum atomic E-state index is -1.38. The Morgan fingerprint density at radius 2 is 1.93 bits per heavy atom. The Morgan fingerprint density at radius 3 is 2.60 bits per heavy atom. The molecule has 0 aliphatic heterocycles. The van der Waals surface area contributed by atoms with E-state index in [2.05, 4.69) is 4.98 Å². The first-order chi connectivity index (χ1) is 7.27. The molecule has 4 heteroatoms. The standard InChI is InChI=1S/C11H16BNO2/c14-12(15)10-6-7-13-11(8-10)9-4-2-1-3-5-9/h6-9,14-15H,1-5H2. The van der Waals surface area contributed by atoms with Gasteiger partial charge in [0.15, 0.2) is 0 Å². The van der Waals surface area contributed by atoms with Crippen LogP contribution in [-0.2, 0) is 0 Å². The molecule has 1 aliphatic carbocycles. The largest absolute Gasteiger partial charge is 0.488 e. The fourth-order valence-corrected chi connectivity index (χ4v) is 2.25. The van der Waals surface area contributed by atoms with Crippen molar-refractivity contribution in [3.63, 3.8) is 0 Å². The van der Waals surface area contributed by atoms with E-state index in [1.807, 2.05) is 6.07 Å². The van der Waals surface area contributed by atoms with Crippen molar-refractivity contribution in [3.05, 3.63) is 24.0 Å². The van der Waals surface area contributed by atoms with E-state index in [1.165, 1.54) is 32.1 Å². The quantitative estimate of drug-likeness (QED) is 0.702. The van der Waals surface area contributed by atoms with Gasteiger partial charge in [-0.05, 0) is 30.4 Å². The fraction of sp³-hybridized carbons (Fsp3) is 0.545. The highest BCUT2D eigenvalue weighted by molar-refractivity contribution is 6.58. The van der Waals surface area contributed by atoms with Crippen LogP contribution in [0.5, 0.6) is 0 Å². The van der Waals surface area contributed by atoms with Crippen molar-refractivity contribution < 1.29 is 10.0 Å². The van der Waals surface area contributed by atoms with Crippen molar-refractivity contribution in [1.82, 2.24) is 4.98 Å². The molecule has 0 amide bonds. The molecule has 2 N–H and O–H groups in total. The summed E-state index contributed by atoms with van der Waals surface area (Å²) in [4.78, 5) is 4.32. The summed E-state index contributed by atoms with van der Waals surface area (Å²) in [5.41, 5.74) is 1.56. The lowest BCUT2D eigenvalue weighted by molar-refractivity contribution is 0.424. The van der Waals surface area contributed by atoms with Crippen LogP contribution in [0.25, 0.3) is 0 Å². The van der Waals surface area contributed by atoms with Crippen LogP contribution < -0.4 is 5.46 Å². The number of hydrogen-bond acceptors (Lipinski definition) is 3. The number of aromatic nitrogens is 1. The molecule has 1 aliphatic rings. The maximum Gasteiger partial charge on any atom is 0.488 e. The van der Waals surface area contributed by atoms with Crippen LogP contribution in [0.2, 0.25) is 0 Å². The summed E-state index contributed by atoms with van der Waals surface area (Å²) in [6.07, 6.45) is 7.87. The lowest BCUT2D eigenvalue weighted by Crippen LogP contribution is -2.30. The van der Waals surface area contributed by atoms with Gasteiger partial charge in [-0.25, -0.2) is 0 Å². The van der Waals surface area contributed by atoms with Crippen LogP contribution in [0.3, 0.4) is 0 Å². The maximum atomic E-state index is 9.07. The zero-order valence-corrected chi connectivity index (χ0v) is 8.76. The third-order valence-electron chi connectivity index (χ3n) is 3.13. The number of hydrogen-bond donors (Lipinski definition) is 2. The first kappa shape index (κ1) is 10.6. The second kappa shape index (κ2) is 4.77. The molecule has 1 saturated carbocycles. The van der Waals surface area contributed by atoms with Crippen LogP contribution in [0.1, 0.15) is 43.7 Å². The normalized spacial score (nSPS) is 17.7. The molecule has 0 bridgehead atoms. The van der Waals surface area contributed by atoms with Gasteiger partial charge >= 0.3 is 7.12 Å². The molecular weight excluding hydrogens is 189 g/mol. The van der Waals surface area contributed by atoms with E-state index in [0.29, 0.717) is 11.4 Å². The minimum Gasteiger partial charge on any atom is -0.423 e. The minimum absolute atomic E-state index is 0.512. The molecule has 15 heavy (non-hydrogen) atoms. The second-order valence-electron chi connectivity index (χ2n) is 4.22. The summed E-state index contributed by atoms with van der Waals surface area (Å²) < 4.78 is 0. The maximum absolute atomic E-state index is 9.07. The first-order valence-corrected chi connectivity index (χ1v) is 5.59. The Balaban J connectivity index is 2.16. The van der Waals surface area contributed by atoms with E-state index in [4.69, 9.17) is 10.0 Å². The molecular formula is C11H16BNO2.